The lowest BCUT2D eigenvalue weighted by Gasteiger charge is -2.45. The van der Waals surface area contributed by atoms with Crippen molar-refractivity contribution >= 4 is 5.69 Å². The Morgan fingerprint density at radius 3 is 2.00 bits per heavy atom. The van der Waals surface area contributed by atoms with Gasteiger partial charge in [-0.25, -0.2) is 0 Å². The van der Waals surface area contributed by atoms with Crippen molar-refractivity contribution in [2.24, 2.45) is 11.3 Å². The molecule has 1 aliphatic heterocycles. The Morgan fingerprint density at radius 1 is 0.839 bits per heavy atom. The summed E-state index contributed by atoms with van der Waals surface area (Å²) in [4.78, 5) is 0. The van der Waals surface area contributed by atoms with Crippen LogP contribution in [0.25, 0.3) is 0 Å². The Morgan fingerprint density at radius 2 is 1.42 bits per heavy atom. The van der Waals surface area contributed by atoms with Crippen molar-refractivity contribution in [1.29, 1.82) is 0 Å². The minimum atomic E-state index is -0.639. The predicted molar refractivity (Wildman–Crippen MR) is 128 cm³/mol. The molecule has 0 bridgehead atoms. The molecule has 0 radical (unpaired) electrons. The van der Waals surface area contributed by atoms with Gasteiger partial charge in [-0.15, -0.1) is 0 Å². The molecule has 1 N–H and O–H groups in total. The number of nitrogens with one attached hydrogen (secondary N) is 1. The van der Waals surface area contributed by atoms with Crippen LogP contribution >= 0.6 is 0 Å². The molecule has 0 fully saturated rings. The first-order valence-corrected chi connectivity index (χ1v) is 11.3. The van der Waals surface area contributed by atoms with Crippen molar-refractivity contribution in [3.63, 3.8) is 0 Å². The van der Waals surface area contributed by atoms with E-state index >= 15 is 0 Å². The van der Waals surface area contributed by atoms with Gasteiger partial charge < -0.3 is 10.1 Å². The second kappa shape index (κ2) is 7.69. The predicted octanol–water partition coefficient (Wildman–Crippen LogP) is 7.13. The molecule has 0 aromatic heterocycles. The summed E-state index contributed by atoms with van der Waals surface area (Å²) in [6.07, 6.45) is 4.42. The summed E-state index contributed by atoms with van der Waals surface area (Å²) >= 11 is 0. The lowest BCUT2D eigenvalue weighted by Crippen LogP contribution is -2.45. The highest BCUT2D eigenvalue weighted by Crippen LogP contribution is 2.50. The fourth-order valence-electron chi connectivity index (χ4n) is 5.31. The van der Waals surface area contributed by atoms with E-state index in [2.05, 4.69) is 117 Å². The highest BCUT2D eigenvalue weighted by Gasteiger charge is 2.46. The number of hydrogen-bond acceptors (Lipinski definition) is 2. The van der Waals surface area contributed by atoms with E-state index in [4.69, 9.17) is 4.74 Å². The molecule has 0 saturated carbocycles. The van der Waals surface area contributed by atoms with E-state index in [-0.39, 0.29) is 11.6 Å². The Hall–Kier alpha value is -2.84. The maximum absolute atomic E-state index is 7.13. The normalized spacial score (nSPS) is 23.5. The minimum absolute atomic E-state index is 0.0705. The second-order valence-corrected chi connectivity index (χ2v) is 9.49. The Labute approximate surface area is 186 Å². The molecule has 5 rings (SSSR count). The smallest absolute Gasteiger partial charge is 0.148 e. The van der Waals surface area contributed by atoms with Gasteiger partial charge in [-0.2, -0.15) is 0 Å². The summed E-state index contributed by atoms with van der Waals surface area (Å²) in [5.74, 6) is 0.555. The van der Waals surface area contributed by atoms with Crippen molar-refractivity contribution < 1.29 is 4.74 Å². The Balaban J connectivity index is 1.63. The van der Waals surface area contributed by atoms with Crippen molar-refractivity contribution in [3.8, 4) is 0 Å². The van der Waals surface area contributed by atoms with Crippen LogP contribution in [-0.4, -0.2) is 6.23 Å². The average molecular weight is 410 g/mol. The minimum Gasteiger partial charge on any atom is -0.360 e. The van der Waals surface area contributed by atoms with Crippen LogP contribution in [0.15, 0.2) is 96.6 Å². The largest absolute Gasteiger partial charge is 0.360 e. The zero-order valence-electron chi connectivity index (χ0n) is 18.6. The number of ether oxygens (including phenoxy) is 1. The van der Waals surface area contributed by atoms with Crippen LogP contribution in [0.2, 0.25) is 0 Å². The molecule has 3 aromatic carbocycles. The van der Waals surface area contributed by atoms with Gasteiger partial charge in [0.2, 0.25) is 0 Å². The highest BCUT2D eigenvalue weighted by atomic mass is 16.5. The van der Waals surface area contributed by atoms with E-state index in [9.17, 15) is 0 Å². The van der Waals surface area contributed by atoms with E-state index < -0.39 is 5.60 Å². The summed E-state index contributed by atoms with van der Waals surface area (Å²) in [6, 6.07) is 29.9. The summed E-state index contributed by atoms with van der Waals surface area (Å²) in [5, 5.41) is 3.73. The third-order valence-electron chi connectivity index (χ3n) is 7.55. The number of allylic oxidation sites excluding steroid dienone is 2. The fourth-order valence-corrected chi connectivity index (χ4v) is 5.31. The maximum Gasteiger partial charge on any atom is 0.148 e. The second-order valence-electron chi connectivity index (χ2n) is 9.49. The van der Waals surface area contributed by atoms with Gasteiger partial charge in [0, 0.05) is 11.3 Å². The van der Waals surface area contributed by atoms with Crippen molar-refractivity contribution in [3.05, 3.63) is 113 Å². The van der Waals surface area contributed by atoms with Gasteiger partial charge in [0.05, 0.1) is 0 Å². The van der Waals surface area contributed by atoms with E-state index in [1.54, 1.807) is 0 Å². The molecule has 31 heavy (non-hydrogen) atoms. The standard InChI is InChI=1S/C29H31NO/c1-21-18-19-24(28(21,2)3)20-27-30-26-17-11-10-16-25(26)29(31-27,22-12-6-4-7-13-22)23-14-8-5-9-15-23/h4-18,24,27,30H,19-20H2,1-3H3. The quantitative estimate of drug-likeness (QED) is 0.463. The van der Waals surface area contributed by atoms with E-state index in [1.807, 2.05) is 0 Å². The summed E-state index contributed by atoms with van der Waals surface area (Å²) in [5.41, 5.74) is 5.71. The number of hydrogen-bond donors (Lipinski definition) is 1. The SMILES string of the molecule is CC1=CCC(CC2Nc3ccccc3C(c3ccccc3)(c3ccccc3)O2)C1(C)C. The highest BCUT2D eigenvalue weighted by molar-refractivity contribution is 5.63. The van der Waals surface area contributed by atoms with E-state index in [0.717, 1.165) is 18.5 Å². The zero-order valence-corrected chi connectivity index (χ0v) is 18.6. The van der Waals surface area contributed by atoms with Crippen LogP contribution in [0.3, 0.4) is 0 Å². The monoisotopic (exact) mass is 409 g/mol. The average Bonchev–Trinajstić information content (AvgIpc) is 3.06. The van der Waals surface area contributed by atoms with Gasteiger partial charge in [0.15, 0.2) is 0 Å². The van der Waals surface area contributed by atoms with Crippen LogP contribution in [0.5, 0.6) is 0 Å². The molecule has 2 nitrogen and oxygen atoms in total. The number of para-hydroxylation sites is 1. The van der Waals surface area contributed by atoms with Crippen LogP contribution in [0.4, 0.5) is 5.69 Å². The Bertz CT molecular complexity index is 1040. The van der Waals surface area contributed by atoms with Gasteiger partial charge >= 0.3 is 0 Å². The van der Waals surface area contributed by atoms with Crippen LogP contribution in [0.1, 0.15) is 50.3 Å². The number of fused-ring (bicyclic) bond motifs is 1. The van der Waals surface area contributed by atoms with Gasteiger partial charge in [-0.1, -0.05) is 104 Å². The lowest BCUT2D eigenvalue weighted by atomic mass is 9.75. The molecule has 0 saturated heterocycles. The molecular formula is C29H31NO. The maximum atomic E-state index is 7.13. The van der Waals surface area contributed by atoms with E-state index in [1.165, 1.54) is 22.3 Å². The van der Waals surface area contributed by atoms with E-state index in [0.29, 0.717) is 5.92 Å². The van der Waals surface area contributed by atoms with Crippen LogP contribution in [-0.2, 0) is 10.3 Å². The van der Waals surface area contributed by atoms with Crippen LogP contribution < -0.4 is 5.32 Å². The first kappa shape index (κ1) is 20.1. The van der Waals surface area contributed by atoms with Gasteiger partial charge in [-0.05, 0) is 48.3 Å². The summed E-state index contributed by atoms with van der Waals surface area (Å²) in [6.45, 7) is 7.01. The third-order valence-corrected chi connectivity index (χ3v) is 7.55. The molecule has 0 amide bonds. The molecule has 3 aromatic rings. The molecule has 1 aliphatic carbocycles. The number of benzene rings is 3. The fraction of sp³-hybridized carbons (Fsp3) is 0.310. The molecule has 1 heterocycles. The molecule has 2 atom stereocenters. The number of rotatable bonds is 4. The topological polar surface area (TPSA) is 21.3 Å². The molecule has 158 valence electrons. The summed E-state index contributed by atoms with van der Waals surface area (Å²) in [7, 11) is 0. The first-order valence-electron chi connectivity index (χ1n) is 11.3. The van der Waals surface area contributed by atoms with Gasteiger partial charge in [0.1, 0.15) is 11.8 Å². The van der Waals surface area contributed by atoms with Crippen molar-refractivity contribution in [2.45, 2.75) is 45.4 Å². The third kappa shape index (κ3) is 3.30. The van der Waals surface area contributed by atoms with Gasteiger partial charge in [0.25, 0.3) is 0 Å². The molecular weight excluding hydrogens is 378 g/mol. The molecule has 2 heteroatoms. The van der Waals surface area contributed by atoms with Crippen molar-refractivity contribution in [1.82, 2.24) is 0 Å². The zero-order chi connectivity index (χ0) is 21.5. The Kier molecular flexibility index (Phi) is 4.98. The summed E-state index contributed by atoms with van der Waals surface area (Å²) < 4.78 is 7.13. The van der Waals surface area contributed by atoms with Crippen molar-refractivity contribution in [2.75, 3.05) is 5.32 Å². The molecule has 0 spiro atoms. The lowest BCUT2D eigenvalue weighted by molar-refractivity contribution is -0.0553. The molecule has 2 unspecified atom stereocenters. The molecule has 2 aliphatic rings. The van der Waals surface area contributed by atoms with Crippen LogP contribution in [0, 0.1) is 11.3 Å². The number of anilines is 1. The van der Waals surface area contributed by atoms with Gasteiger partial charge in [-0.3, -0.25) is 0 Å². The first-order chi connectivity index (χ1) is 15.0.